The maximum Gasteiger partial charge on any atom is 0.323 e. The summed E-state index contributed by atoms with van der Waals surface area (Å²) < 4.78 is 18.4. The summed E-state index contributed by atoms with van der Waals surface area (Å²) in [7, 11) is 0. The molecular weight excluding hydrogens is 265 g/mol. The van der Waals surface area contributed by atoms with Crippen LogP contribution in [0.3, 0.4) is 0 Å². The Morgan fingerprint density at radius 2 is 2.00 bits per heavy atom. The van der Waals surface area contributed by atoms with E-state index in [1.54, 1.807) is 26.0 Å². The van der Waals surface area contributed by atoms with Crippen LogP contribution < -0.4 is 4.74 Å². The van der Waals surface area contributed by atoms with Crippen molar-refractivity contribution in [3.05, 3.63) is 30.1 Å². The van der Waals surface area contributed by atoms with Crippen LogP contribution in [0.25, 0.3) is 0 Å². The van der Waals surface area contributed by atoms with Gasteiger partial charge in [0.05, 0.1) is 13.0 Å². The van der Waals surface area contributed by atoms with E-state index in [1.807, 2.05) is 0 Å². The zero-order valence-corrected chi connectivity index (χ0v) is 11.5. The predicted molar refractivity (Wildman–Crippen MR) is 71.0 cm³/mol. The number of carboxylic acids is 1. The molecule has 1 aromatic carbocycles. The fraction of sp³-hybridized carbons (Fsp3) is 0.429. The summed E-state index contributed by atoms with van der Waals surface area (Å²) in [6.07, 6.45) is -0.000204. The second kappa shape index (κ2) is 7.47. The van der Waals surface area contributed by atoms with Crippen molar-refractivity contribution in [2.24, 2.45) is 0 Å². The van der Waals surface area contributed by atoms with Crippen LogP contribution in [0.5, 0.6) is 5.75 Å². The molecule has 0 radical (unpaired) electrons. The lowest BCUT2D eigenvalue weighted by Crippen LogP contribution is -2.41. The molecule has 1 N–H and O–H groups in total. The number of carbonyl (C=O) groups is 2. The summed E-state index contributed by atoms with van der Waals surface area (Å²) in [5.74, 6) is -1.82. The second-order valence-corrected chi connectivity index (χ2v) is 4.54. The molecule has 1 rings (SSSR count). The van der Waals surface area contributed by atoms with Gasteiger partial charge in [-0.25, -0.2) is 4.39 Å². The van der Waals surface area contributed by atoms with Crippen molar-refractivity contribution in [2.45, 2.75) is 26.3 Å². The standard InChI is InChI=1S/C14H18FNO4/c1-10(2)16(9-14(18)19)13(17)7-8-20-12-6-4-3-5-11(12)15/h3-6,10H,7-9H2,1-2H3,(H,18,19). The molecule has 0 unspecified atom stereocenters. The Balaban J connectivity index is 2.49. The van der Waals surface area contributed by atoms with Crippen LogP contribution >= 0.6 is 0 Å². The topological polar surface area (TPSA) is 66.8 Å². The first-order valence-electron chi connectivity index (χ1n) is 6.30. The third kappa shape index (κ3) is 4.87. The average Bonchev–Trinajstić information content (AvgIpc) is 2.37. The molecule has 110 valence electrons. The Bertz CT molecular complexity index is 476. The van der Waals surface area contributed by atoms with E-state index >= 15 is 0 Å². The van der Waals surface area contributed by atoms with E-state index in [-0.39, 0.29) is 37.3 Å². The minimum absolute atomic E-state index is 0.000204. The van der Waals surface area contributed by atoms with Crippen LogP contribution in [0.4, 0.5) is 4.39 Å². The Morgan fingerprint density at radius 3 is 2.55 bits per heavy atom. The number of hydrogen-bond donors (Lipinski definition) is 1. The third-order valence-electron chi connectivity index (χ3n) is 2.66. The SMILES string of the molecule is CC(C)N(CC(=O)O)C(=O)CCOc1ccccc1F. The fourth-order valence-corrected chi connectivity index (χ4v) is 1.66. The molecule has 0 saturated carbocycles. The molecule has 0 aromatic heterocycles. The first kappa shape index (κ1) is 15.9. The van der Waals surface area contributed by atoms with Crippen molar-refractivity contribution in [2.75, 3.05) is 13.2 Å². The van der Waals surface area contributed by atoms with E-state index < -0.39 is 11.8 Å². The molecule has 1 amide bonds. The van der Waals surface area contributed by atoms with Crippen molar-refractivity contribution in [3.63, 3.8) is 0 Å². The predicted octanol–water partition coefficient (Wildman–Crippen LogP) is 1.92. The summed E-state index contributed by atoms with van der Waals surface area (Å²) in [5.41, 5.74) is 0. The van der Waals surface area contributed by atoms with E-state index in [9.17, 15) is 14.0 Å². The van der Waals surface area contributed by atoms with E-state index in [2.05, 4.69) is 0 Å². The minimum Gasteiger partial charge on any atom is -0.490 e. The first-order chi connectivity index (χ1) is 9.41. The quantitative estimate of drug-likeness (QED) is 0.830. The van der Waals surface area contributed by atoms with Crippen molar-refractivity contribution in [1.29, 1.82) is 0 Å². The number of para-hydroxylation sites is 1. The number of rotatable bonds is 7. The zero-order chi connectivity index (χ0) is 15.1. The zero-order valence-electron chi connectivity index (χ0n) is 11.5. The number of ether oxygens (including phenoxy) is 1. The highest BCUT2D eigenvalue weighted by Gasteiger charge is 2.19. The van der Waals surface area contributed by atoms with Crippen LogP contribution in [0.15, 0.2) is 24.3 Å². The summed E-state index contributed by atoms with van der Waals surface area (Å²) >= 11 is 0. The number of carbonyl (C=O) groups excluding carboxylic acids is 1. The molecule has 0 aliphatic carbocycles. The van der Waals surface area contributed by atoms with Crippen molar-refractivity contribution in [1.82, 2.24) is 4.90 Å². The number of aliphatic carboxylic acids is 1. The van der Waals surface area contributed by atoms with Gasteiger partial charge in [0.15, 0.2) is 11.6 Å². The van der Waals surface area contributed by atoms with Crippen molar-refractivity contribution >= 4 is 11.9 Å². The summed E-state index contributed by atoms with van der Waals surface area (Å²) in [6.45, 7) is 3.12. The largest absolute Gasteiger partial charge is 0.490 e. The van der Waals surface area contributed by atoms with Crippen LogP contribution in [0.2, 0.25) is 0 Å². The monoisotopic (exact) mass is 283 g/mol. The molecule has 0 bridgehead atoms. The first-order valence-corrected chi connectivity index (χ1v) is 6.30. The molecule has 0 heterocycles. The molecular formula is C14H18FNO4. The van der Waals surface area contributed by atoms with Gasteiger partial charge in [0.1, 0.15) is 6.54 Å². The van der Waals surface area contributed by atoms with E-state index in [4.69, 9.17) is 9.84 Å². The lowest BCUT2D eigenvalue weighted by Gasteiger charge is -2.24. The number of hydrogen-bond acceptors (Lipinski definition) is 3. The highest BCUT2D eigenvalue weighted by atomic mass is 19.1. The number of nitrogens with zero attached hydrogens (tertiary/aromatic N) is 1. The van der Waals surface area contributed by atoms with Gasteiger partial charge >= 0.3 is 5.97 Å². The minimum atomic E-state index is -1.07. The van der Waals surface area contributed by atoms with Gasteiger partial charge in [-0.3, -0.25) is 9.59 Å². The van der Waals surface area contributed by atoms with Crippen LogP contribution in [0, 0.1) is 5.82 Å². The fourth-order valence-electron chi connectivity index (χ4n) is 1.66. The number of halogens is 1. The number of carboxylic acid groups (broad SMARTS) is 1. The van der Waals surface area contributed by atoms with Gasteiger partial charge in [0.2, 0.25) is 5.91 Å². The van der Waals surface area contributed by atoms with E-state index in [0.29, 0.717) is 0 Å². The molecule has 20 heavy (non-hydrogen) atoms. The van der Waals surface area contributed by atoms with E-state index in [1.165, 1.54) is 17.0 Å². The van der Waals surface area contributed by atoms with Gasteiger partial charge in [0, 0.05) is 6.04 Å². The highest BCUT2D eigenvalue weighted by Crippen LogP contribution is 2.15. The smallest absolute Gasteiger partial charge is 0.323 e. The summed E-state index contributed by atoms with van der Waals surface area (Å²) in [5, 5.41) is 8.75. The van der Waals surface area contributed by atoms with Crippen LogP contribution in [-0.4, -0.2) is 41.1 Å². The maximum absolute atomic E-state index is 13.3. The van der Waals surface area contributed by atoms with Gasteiger partial charge in [-0.2, -0.15) is 0 Å². The molecule has 6 heteroatoms. The van der Waals surface area contributed by atoms with Crippen LogP contribution in [0.1, 0.15) is 20.3 Å². The Hall–Kier alpha value is -2.11. The Morgan fingerprint density at radius 1 is 1.35 bits per heavy atom. The molecule has 1 aromatic rings. The second-order valence-electron chi connectivity index (χ2n) is 4.54. The maximum atomic E-state index is 13.3. The van der Waals surface area contributed by atoms with Gasteiger partial charge in [-0.15, -0.1) is 0 Å². The highest BCUT2D eigenvalue weighted by molar-refractivity contribution is 5.81. The van der Waals surface area contributed by atoms with Gasteiger partial charge in [-0.1, -0.05) is 12.1 Å². The molecule has 0 atom stereocenters. The van der Waals surface area contributed by atoms with Gasteiger partial charge in [0.25, 0.3) is 0 Å². The average molecular weight is 283 g/mol. The molecule has 0 spiro atoms. The lowest BCUT2D eigenvalue weighted by molar-refractivity contribution is -0.146. The molecule has 0 fully saturated rings. The normalized spacial score (nSPS) is 10.4. The van der Waals surface area contributed by atoms with E-state index in [0.717, 1.165) is 0 Å². The van der Waals surface area contributed by atoms with Gasteiger partial charge in [-0.05, 0) is 26.0 Å². The molecule has 0 saturated heterocycles. The van der Waals surface area contributed by atoms with Gasteiger partial charge < -0.3 is 14.7 Å². The lowest BCUT2D eigenvalue weighted by atomic mass is 10.2. The summed E-state index contributed by atoms with van der Waals surface area (Å²) in [4.78, 5) is 23.8. The molecule has 5 nitrogen and oxygen atoms in total. The number of benzene rings is 1. The van der Waals surface area contributed by atoms with Crippen LogP contribution in [-0.2, 0) is 9.59 Å². The molecule has 0 aliphatic heterocycles. The third-order valence-corrected chi connectivity index (χ3v) is 2.66. The molecule has 0 aliphatic rings. The van der Waals surface area contributed by atoms with Crippen molar-refractivity contribution < 1.29 is 23.8 Å². The van der Waals surface area contributed by atoms with Crippen molar-refractivity contribution in [3.8, 4) is 5.75 Å². The summed E-state index contributed by atoms with van der Waals surface area (Å²) in [6, 6.07) is 5.69. The Kier molecular flexibility index (Phi) is 5.96. The number of amides is 1. The Labute approximate surface area is 117 Å².